The number of nitrogens with one attached hydrogen (secondary N) is 1. The first kappa shape index (κ1) is 16.0. The molecule has 2 rings (SSSR count). The number of ether oxygens (including phenoxy) is 2. The molecule has 0 amide bonds. The van der Waals surface area contributed by atoms with Crippen LogP contribution in [0, 0.1) is 5.92 Å². The van der Waals surface area contributed by atoms with Gasteiger partial charge in [-0.1, -0.05) is 6.42 Å². The zero-order valence-corrected chi connectivity index (χ0v) is 13.3. The Morgan fingerprint density at radius 3 is 2.95 bits per heavy atom. The lowest BCUT2D eigenvalue weighted by Crippen LogP contribution is -2.28. The van der Waals surface area contributed by atoms with Gasteiger partial charge in [0.25, 0.3) is 0 Å². The van der Waals surface area contributed by atoms with E-state index in [2.05, 4.69) is 27.2 Å². The molecule has 1 aliphatic heterocycles. The van der Waals surface area contributed by atoms with Gasteiger partial charge in [0.05, 0.1) is 7.11 Å². The van der Waals surface area contributed by atoms with E-state index in [0.717, 1.165) is 18.9 Å². The molecule has 1 saturated heterocycles. The summed E-state index contributed by atoms with van der Waals surface area (Å²) in [6.45, 7) is 3.66. The van der Waals surface area contributed by atoms with Gasteiger partial charge in [-0.3, -0.25) is 0 Å². The molecule has 1 aromatic rings. The maximum Gasteiger partial charge on any atom is 0.218 e. The number of aromatic nitrogens is 2. The van der Waals surface area contributed by atoms with Gasteiger partial charge < -0.3 is 19.7 Å². The van der Waals surface area contributed by atoms with Crippen molar-refractivity contribution in [1.29, 1.82) is 0 Å². The van der Waals surface area contributed by atoms with Crippen molar-refractivity contribution in [3.05, 3.63) is 11.9 Å². The van der Waals surface area contributed by atoms with Crippen molar-refractivity contribution in [2.45, 2.75) is 25.9 Å². The number of hydrogen-bond acceptors (Lipinski definition) is 6. The van der Waals surface area contributed by atoms with Gasteiger partial charge in [-0.05, 0) is 32.4 Å². The SMILES string of the molecule is COCc1nc(NCC2CCCCN(C)C2)cc(OC)n1. The molecular formula is C15H26N4O2. The van der Waals surface area contributed by atoms with E-state index < -0.39 is 0 Å². The van der Waals surface area contributed by atoms with Crippen molar-refractivity contribution in [3.8, 4) is 5.88 Å². The highest BCUT2D eigenvalue weighted by Gasteiger charge is 2.16. The molecular weight excluding hydrogens is 268 g/mol. The minimum atomic E-state index is 0.387. The topological polar surface area (TPSA) is 59.5 Å². The predicted molar refractivity (Wildman–Crippen MR) is 82.6 cm³/mol. The highest BCUT2D eigenvalue weighted by Crippen LogP contribution is 2.18. The monoisotopic (exact) mass is 294 g/mol. The van der Waals surface area contributed by atoms with E-state index in [1.165, 1.54) is 25.8 Å². The van der Waals surface area contributed by atoms with Crippen LogP contribution in [0.4, 0.5) is 5.82 Å². The Kier molecular flexibility index (Phi) is 6.20. The van der Waals surface area contributed by atoms with E-state index >= 15 is 0 Å². The molecule has 1 atom stereocenters. The number of hydrogen-bond donors (Lipinski definition) is 1. The summed E-state index contributed by atoms with van der Waals surface area (Å²) in [7, 11) is 5.45. The normalized spacial score (nSPS) is 20.0. The van der Waals surface area contributed by atoms with Crippen LogP contribution in [0.2, 0.25) is 0 Å². The highest BCUT2D eigenvalue weighted by molar-refractivity contribution is 5.38. The third-order valence-electron chi connectivity index (χ3n) is 3.78. The minimum absolute atomic E-state index is 0.387. The van der Waals surface area contributed by atoms with Crippen LogP contribution in [-0.2, 0) is 11.3 Å². The third-order valence-corrected chi connectivity index (χ3v) is 3.78. The molecule has 2 heterocycles. The van der Waals surface area contributed by atoms with E-state index in [1.807, 2.05) is 6.07 Å². The Balaban J connectivity index is 1.96. The van der Waals surface area contributed by atoms with E-state index in [4.69, 9.17) is 9.47 Å². The third kappa shape index (κ3) is 5.13. The van der Waals surface area contributed by atoms with E-state index in [9.17, 15) is 0 Å². The van der Waals surface area contributed by atoms with Crippen LogP contribution in [-0.4, -0.2) is 55.8 Å². The zero-order chi connectivity index (χ0) is 15.1. The summed E-state index contributed by atoms with van der Waals surface area (Å²) in [4.78, 5) is 11.1. The lowest BCUT2D eigenvalue weighted by molar-refractivity contribution is 0.177. The van der Waals surface area contributed by atoms with Gasteiger partial charge in [0.15, 0.2) is 5.82 Å². The van der Waals surface area contributed by atoms with E-state index in [1.54, 1.807) is 14.2 Å². The van der Waals surface area contributed by atoms with Gasteiger partial charge in [0.1, 0.15) is 12.4 Å². The van der Waals surface area contributed by atoms with Crippen molar-refractivity contribution >= 4 is 5.82 Å². The number of anilines is 1. The molecule has 0 spiro atoms. The van der Waals surface area contributed by atoms with Gasteiger partial charge in [0, 0.05) is 26.3 Å². The number of likely N-dealkylation sites (tertiary alicyclic amines) is 1. The molecule has 1 unspecified atom stereocenters. The Labute approximate surface area is 126 Å². The number of methoxy groups -OCH3 is 2. The maximum atomic E-state index is 5.22. The van der Waals surface area contributed by atoms with Crippen LogP contribution in [0.1, 0.15) is 25.1 Å². The van der Waals surface area contributed by atoms with E-state index in [0.29, 0.717) is 24.2 Å². The second kappa shape index (κ2) is 8.14. The Morgan fingerprint density at radius 1 is 1.33 bits per heavy atom. The van der Waals surface area contributed by atoms with Crippen LogP contribution >= 0.6 is 0 Å². The van der Waals surface area contributed by atoms with Crippen molar-refractivity contribution in [3.63, 3.8) is 0 Å². The summed E-state index contributed by atoms with van der Waals surface area (Å²) in [5, 5.41) is 3.42. The summed E-state index contributed by atoms with van der Waals surface area (Å²) in [5.74, 6) is 2.67. The Bertz CT molecular complexity index is 442. The molecule has 0 aromatic carbocycles. The molecule has 1 N–H and O–H groups in total. The molecule has 1 aliphatic rings. The Hall–Kier alpha value is -1.40. The first-order chi connectivity index (χ1) is 10.2. The molecule has 118 valence electrons. The standard InChI is InChI=1S/C15H26N4O2/c1-19-7-5-4-6-12(10-19)9-16-13-8-15(21-3)18-14(17-13)11-20-2/h8,12H,4-7,9-11H2,1-3H3,(H,16,17,18). The van der Waals surface area contributed by atoms with Crippen LogP contribution in [0.3, 0.4) is 0 Å². The fourth-order valence-electron chi connectivity index (χ4n) is 2.72. The van der Waals surface area contributed by atoms with Gasteiger partial charge in [0.2, 0.25) is 5.88 Å². The summed E-state index contributed by atoms with van der Waals surface area (Å²) < 4.78 is 10.3. The fourth-order valence-corrected chi connectivity index (χ4v) is 2.72. The quantitative estimate of drug-likeness (QED) is 0.863. The van der Waals surface area contributed by atoms with Gasteiger partial charge >= 0.3 is 0 Å². The van der Waals surface area contributed by atoms with Crippen LogP contribution in [0.15, 0.2) is 6.07 Å². The highest BCUT2D eigenvalue weighted by atomic mass is 16.5. The Morgan fingerprint density at radius 2 is 2.19 bits per heavy atom. The molecule has 1 aromatic heterocycles. The summed E-state index contributed by atoms with van der Waals surface area (Å²) in [5.41, 5.74) is 0. The zero-order valence-electron chi connectivity index (χ0n) is 13.3. The second-order valence-corrected chi connectivity index (χ2v) is 5.65. The summed E-state index contributed by atoms with van der Waals surface area (Å²) in [6.07, 6.45) is 3.87. The molecule has 6 heteroatoms. The first-order valence-corrected chi connectivity index (χ1v) is 7.54. The van der Waals surface area contributed by atoms with Crippen LogP contribution in [0.5, 0.6) is 5.88 Å². The minimum Gasteiger partial charge on any atom is -0.481 e. The van der Waals surface area contributed by atoms with Crippen molar-refractivity contribution in [1.82, 2.24) is 14.9 Å². The summed E-state index contributed by atoms with van der Waals surface area (Å²) in [6, 6.07) is 1.83. The van der Waals surface area contributed by atoms with Gasteiger partial charge in [-0.2, -0.15) is 4.98 Å². The van der Waals surface area contributed by atoms with Crippen molar-refractivity contribution in [2.75, 3.05) is 46.2 Å². The molecule has 21 heavy (non-hydrogen) atoms. The molecule has 6 nitrogen and oxygen atoms in total. The number of nitrogens with zero attached hydrogens (tertiary/aromatic N) is 3. The van der Waals surface area contributed by atoms with Gasteiger partial charge in [-0.15, -0.1) is 0 Å². The number of rotatable bonds is 6. The molecule has 0 saturated carbocycles. The first-order valence-electron chi connectivity index (χ1n) is 7.54. The van der Waals surface area contributed by atoms with Crippen molar-refractivity contribution in [2.24, 2.45) is 5.92 Å². The fraction of sp³-hybridized carbons (Fsp3) is 0.733. The maximum absolute atomic E-state index is 5.22. The second-order valence-electron chi connectivity index (χ2n) is 5.65. The molecule has 0 aliphatic carbocycles. The lowest BCUT2D eigenvalue weighted by atomic mass is 10.0. The summed E-state index contributed by atoms with van der Waals surface area (Å²) >= 11 is 0. The lowest BCUT2D eigenvalue weighted by Gasteiger charge is -2.20. The molecule has 1 fully saturated rings. The van der Waals surface area contributed by atoms with Crippen LogP contribution < -0.4 is 10.1 Å². The average molecular weight is 294 g/mol. The van der Waals surface area contributed by atoms with Gasteiger partial charge in [-0.25, -0.2) is 4.98 Å². The molecule has 0 radical (unpaired) electrons. The molecule has 0 bridgehead atoms. The van der Waals surface area contributed by atoms with Crippen molar-refractivity contribution < 1.29 is 9.47 Å². The average Bonchev–Trinajstić information content (AvgIpc) is 2.69. The largest absolute Gasteiger partial charge is 0.481 e. The predicted octanol–water partition coefficient (Wildman–Crippen LogP) is 1.78. The van der Waals surface area contributed by atoms with E-state index in [-0.39, 0.29) is 0 Å². The smallest absolute Gasteiger partial charge is 0.218 e. The van der Waals surface area contributed by atoms with Crippen LogP contribution in [0.25, 0.3) is 0 Å².